The van der Waals surface area contributed by atoms with Gasteiger partial charge < -0.3 is 4.90 Å². The zero-order chi connectivity index (χ0) is 47.3. The summed E-state index contributed by atoms with van der Waals surface area (Å²) >= 11 is 0. The summed E-state index contributed by atoms with van der Waals surface area (Å²) in [6.45, 7) is 4.72. The zero-order valence-corrected chi connectivity index (χ0v) is 39.8. The molecule has 14 rings (SSSR count). The monoisotopic (exact) mass is 903 g/mol. The normalized spacial score (nSPS) is 13.7. The number of fused-ring (bicyclic) bond motifs is 13. The van der Waals surface area contributed by atoms with E-state index in [-0.39, 0.29) is 5.41 Å². The maximum atomic E-state index is 2.51. The van der Waals surface area contributed by atoms with Crippen LogP contribution in [0.4, 0.5) is 17.1 Å². The summed E-state index contributed by atoms with van der Waals surface area (Å²) in [6.07, 6.45) is 0. The molecule has 1 spiro atoms. The van der Waals surface area contributed by atoms with Crippen LogP contribution in [-0.2, 0) is 10.8 Å². The van der Waals surface area contributed by atoms with Crippen molar-refractivity contribution in [1.82, 2.24) is 0 Å². The third-order valence-electron chi connectivity index (χ3n) is 15.9. The Kier molecular flexibility index (Phi) is 9.22. The minimum absolute atomic E-state index is 0.0679. The fraction of sp³-hybridized carbons (Fsp3) is 0.0571. The highest BCUT2D eigenvalue weighted by Crippen LogP contribution is 2.64. The van der Waals surface area contributed by atoms with Crippen LogP contribution in [0.2, 0.25) is 0 Å². The molecule has 0 aliphatic heterocycles. The van der Waals surface area contributed by atoms with Gasteiger partial charge in [-0.3, -0.25) is 0 Å². The lowest BCUT2D eigenvalue weighted by atomic mass is 9.70. The molecular formula is C70H49N. The largest absolute Gasteiger partial charge is 0.310 e. The first-order valence-corrected chi connectivity index (χ1v) is 24.9. The van der Waals surface area contributed by atoms with Gasteiger partial charge in [-0.2, -0.15) is 0 Å². The van der Waals surface area contributed by atoms with Crippen LogP contribution in [0.3, 0.4) is 0 Å². The number of nitrogens with zero attached hydrogens (tertiary/aromatic N) is 1. The first-order chi connectivity index (χ1) is 35.0. The zero-order valence-electron chi connectivity index (χ0n) is 39.8. The Morgan fingerprint density at radius 3 is 1.23 bits per heavy atom. The van der Waals surface area contributed by atoms with Crippen molar-refractivity contribution in [2.24, 2.45) is 0 Å². The van der Waals surface area contributed by atoms with Crippen molar-refractivity contribution in [3.63, 3.8) is 0 Å². The molecule has 0 saturated heterocycles. The summed E-state index contributed by atoms with van der Waals surface area (Å²) in [6, 6.07) is 97.2. The third-order valence-corrected chi connectivity index (χ3v) is 15.9. The molecule has 0 radical (unpaired) electrons. The van der Waals surface area contributed by atoms with Crippen LogP contribution in [0.25, 0.3) is 77.9 Å². The number of anilines is 3. The molecule has 0 N–H and O–H groups in total. The van der Waals surface area contributed by atoms with Gasteiger partial charge >= 0.3 is 0 Å². The molecule has 1 heteroatoms. The predicted octanol–water partition coefficient (Wildman–Crippen LogP) is 18.5. The van der Waals surface area contributed by atoms with Crippen LogP contribution < -0.4 is 4.90 Å². The van der Waals surface area contributed by atoms with E-state index in [4.69, 9.17) is 0 Å². The topological polar surface area (TPSA) is 3.24 Å². The van der Waals surface area contributed by atoms with Gasteiger partial charge in [0.1, 0.15) is 0 Å². The highest BCUT2D eigenvalue weighted by molar-refractivity contribution is 6.01. The van der Waals surface area contributed by atoms with Gasteiger partial charge in [0.2, 0.25) is 0 Å². The quantitative estimate of drug-likeness (QED) is 0.154. The minimum atomic E-state index is -0.509. The van der Waals surface area contributed by atoms with E-state index in [9.17, 15) is 0 Å². The molecule has 0 atom stereocenters. The van der Waals surface area contributed by atoms with Gasteiger partial charge in [-0.25, -0.2) is 0 Å². The van der Waals surface area contributed by atoms with Gasteiger partial charge in [-0.05, 0) is 154 Å². The standard InChI is InChI=1S/C70H49N/c1-69(2)62-24-12-9-20-57(62)60-42-36-52(44-66(60)69)50-34-39-54(40-35-50)71(53-37-32-49(33-38-53)48-30-28-47(29-31-48)46-16-5-3-6-17-46)55-41-43-61-67(45-55)70(63-25-13-10-21-58(63)59-22-11-14-26-64(59)70)65-27-15-23-56(68(61)65)51-18-7-4-8-19-51/h3-45H,1-2H3. The molecule has 11 aromatic carbocycles. The highest BCUT2D eigenvalue weighted by atomic mass is 15.1. The lowest BCUT2D eigenvalue weighted by Gasteiger charge is -2.32. The first-order valence-electron chi connectivity index (χ1n) is 24.9. The first kappa shape index (κ1) is 41.2. The molecular weight excluding hydrogens is 855 g/mol. The molecule has 3 aliphatic rings. The molecule has 3 aliphatic carbocycles. The number of hydrogen-bond donors (Lipinski definition) is 0. The SMILES string of the molecule is CC1(C)c2ccccc2-c2ccc(-c3ccc(N(c4ccc(-c5ccc(-c6ccccc6)cc5)cc4)c4ccc5c(c4)C4(c6ccccc6-c6ccccc64)c4cccc(-c6ccccc6)c4-5)cc3)cc21. The van der Waals surface area contributed by atoms with Crippen LogP contribution in [0.15, 0.2) is 261 Å². The molecule has 0 saturated carbocycles. The molecule has 0 aromatic heterocycles. The van der Waals surface area contributed by atoms with Gasteiger partial charge in [0, 0.05) is 22.5 Å². The van der Waals surface area contributed by atoms with Gasteiger partial charge in [0.05, 0.1) is 5.41 Å². The van der Waals surface area contributed by atoms with Crippen molar-refractivity contribution in [1.29, 1.82) is 0 Å². The number of benzene rings is 11. The van der Waals surface area contributed by atoms with Gasteiger partial charge in [0.25, 0.3) is 0 Å². The van der Waals surface area contributed by atoms with E-state index in [2.05, 4.69) is 280 Å². The van der Waals surface area contributed by atoms with Crippen LogP contribution >= 0.6 is 0 Å². The minimum Gasteiger partial charge on any atom is -0.310 e. The second-order valence-electron chi connectivity index (χ2n) is 20.0. The molecule has 11 aromatic rings. The van der Waals surface area contributed by atoms with Gasteiger partial charge in [-0.15, -0.1) is 0 Å². The van der Waals surface area contributed by atoms with Crippen molar-refractivity contribution in [3.8, 4) is 77.9 Å². The van der Waals surface area contributed by atoms with E-state index in [1.54, 1.807) is 0 Å². The van der Waals surface area contributed by atoms with Crippen molar-refractivity contribution < 1.29 is 0 Å². The molecule has 71 heavy (non-hydrogen) atoms. The van der Waals surface area contributed by atoms with Gasteiger partial charge in [-0.1, -0.05) is 232 Å². The Bertz CT molecular complexity index is 3820. The molecule has 0 bridgehead atoms. The van der Waals surface area contributed by atoms with Crippen molar-refractivity contribution in [2.45, 2.75) is 24.7 Å². The van der Waals surface area contributed by atoms with Crippen molar-refractivity contribution >= 4 is 17.1 Å². The van der Waals surface area contributed by atoms with E-state index >= 15 is 0 Å². The maximum absolute atomic E-state index is 2.51. The Morgan fingerprint density at radius 2 is 0.634 bits per heavy atom. The predicted molar refractivity (Wildman–Crippen MR) is 297 cm³/mol. The molecule has 0 fully saturated rings. The van der Waals surface area contributed by atoms with Crippen molar-refractivity contribution in [2.75, 3.05) is 4.90 Å². The molecule has 0 unspecified atom stereocenters. The Hall–Kier alpha value is -8.78. The third kappa shape index (κ3) is 6.19. The Labute approximate surface area is 416 Å². The summed E-state index contributed by atoms with van der Waals surface area (Å²) in [5, 5.41) is 0. The number of hydrogen-bond acceptors (Lipinski definition) is 1. The Balaban J connectivity index is 0.933. The summed E-state index contributed by atoms with van der Waals surface area (Å²) in [5.74, 6) is 0. The van der Waals surface area contributed by atoms with E-state index in [1.165, 1.54) is 111 Å². The molecule has 0 heterocycles. The van der Waals surface area contributed by atoms with Crippen LogP contribution in [0.1, 0.15) is 47.2 Å². The molecule has 334 valence electrons. The maximum Gasteiger partial charge on any atom is 0.0726 e. The van der Waals surface area contributed by atoms with E-state index in [0.717, 1.165) is 17.1 Å². The van der Waals surface area contributed by atoms with Crippen LogP contribution in [-0.4, -0.2) is 0 Å². The van der Waals surface area contributed by atoms with Gasteiger partial charge in [0.15, 0.2) is 0 Å². The average molecular weight is 904 g/mol. The summed E-state index contributed by atoms with van der Waals surface area (Å²) in [5.41, 5.74) is 28.5. The summed E-state index contributed by atoms with van der Waals surface area (Å²) < 4.78 is 0. The average Bonchev–Trinajstić information content (AvgIpc) is 4.01. The lowest BCUT2D eigenvalue weighted by molar-refractivity contribution is 0.660. The Morgan fingerprint density at radius 1 is 0.239 bits per heavy atom. The van der Waals surface area contributed by atoms with E-state index in [0.29, 0.717) is 0 Å². The fourth-order valence-electron chi connectivity index (χ4n) is 12.6. The summed E-state index contributed by atoms with van der Waals surface area (Å²) in [4.78, 5) is 2.45. The summed E-state index contributed by atoms with van der Waals surface area (Å²) in [7, 11) is 0. The smallest absolute Gasteiger partial charge is 0.0726 e. The molecule has 0 amide bonds. The second kappa shape index (κ2) is 15.9. The van der Waals surface area contributed by atoms with E-state index < -0.39 is 5.41 Å². The van der Waals surface area contributed by atoms with Crippen LogP contribution in [0, 0.1) is 0 Å². The van der Waals surface area contributed by atoms with E-state index in [1.807, 2.05) is 0 Å². The van der Waals surface area contributed by atoms with Crippen molar-refractivity contribution in [3.05, 3.63) is 294 Å². The fourth-order valence-corrected chi connectivity index (χ4v) is 12.6. The lowest BCUT2D eigenvalue weighted by Crippen LogP contribution is -2.26. The highest BCUT2D eigenvalue weighted by Gasteiger charge is 2.52. The van der Waals surface area contributed by atoms with Crippen LogP contribution in [0.5, 0.6) is 0 Å². The number of rotatable bonds is 7. The molecule has 1 nitrogen and oxygen atoms in total. The second-order valence-corrected chi connectivity index (χ2v) is 20.0.